The minimum Gasteiger partial charge on any atom is -0.492 e. The maximum atomic E-state index is 5.52. The molecule has 0 aliphatic carbocycles. The van der Waals surface area contributed by atoms with Crippen LogP contribution < -0.4 is 10.1 Å². The summed E-state index contributed by atoms with van der Waals surface area (Å²) in [7, 11) is 0. The van der Waals surface area contributed by atoms with Crippen molar-refractivity contribution in [3.63, 3.8) is 0 Å². The second-order valence-electron chi connectivity index (χ2n) is 3.15. The molecule has 3 heteroatoms. The fourth-order valence-corrected chi connectivity index (χ4v) is 1.44. The Bertz CT molecular complexity index is 346. The van der Waals surface area contributed by atoms with Crippen LogP contribution in [0, 0.1) is 12.3 Å². The topological polar surface area (TPSA) is 21.3 Å². The van der Waals surface area contributed by atoms with Gasteiger partial charge in [-0.3, -0.25) is 0 Å². The van der Waals surface area contributed by atoms with Crippen molar-refractivity contribution in [2.24, 2.45) is 0 Å². The van der Waals surface area contributed by atoms with Gasteiger partial charge in [-0.05, 0) is 25.1 Å². The predicted molar refractivity (Wildman–Crippen MR) is 65.9 cm³/mol. The van der Waals surface area contributed by atoms with Gasteiger partial charge in [0, 0.05) is 11.0 Å². The number of rotatable bonds is 5. The van der Waals surface area contributed by atoms with Gasteiger partial charge in [0.25, 0.3) is 0 Å². The Morgan fingerprint density at radius 2 is 2.40 bits per heavy atom. The minimum atomic E-state index is 0.0936. The lowest BCUT2D eigenvalue weighted by molar-refractivity contribution is 0.311. The lowest BCUT2D eigenvalue weighted by atomic mass is 10.3. The molecule has 0 saturated carbocycles. The number of benzene rings is 1. The van der Waals surface area contributed by atoms with Crippen LogP contribution in [0.4, 0.5) is 0 Å². The SMILES string of the molecule is C#CC(C)NCCOc1cccc(Br)c1. The van der Waals surface area contributed by atoms with Gasteiger partial charge in [0.1, 0.15) is 12.4 Å². The zero-order valence-corrected chi connectivity index (χ0v) is 10.3. The molecule has 0 aromatic heterocycles. The van der Waals surface area contributed by atoms with Crippen LogP contribution in [0.2, 0.25) is 0 Å². The van der Waals surface area contributed by atoms with Crippen LogP contribution in [0.25, 0.3) is 0 Å². The van der Waals surface area contributed by atoms with Gasteiger partial charge in [0.05, 0.1) is 6.04 Å². The molecule has 1 rings (SSSR count). The normalized spacial score (nSPS) is 11.8. The van der Waals surface area contributed by atoms with E-state index in [0.717, 1.165) is 16.8 Å². The Hall–Kier alpha value is -0.980. The first-order chi connectivity index (χ1) is 7.22. The molecule has 0 fully saturated rings. The Kier molecular flexibility index (Phi) is 5.23. The second-order valence-corrected chi connectivity index (χ2v) is 4.06. The highest BCUT2D eigenvalue weighted by Gasteiger charge is 1.96. The quantitative estimate of drug-likeness (QED) is 0.654. The van der Waals surface area contributed by atoms with Crippen molar-refractivity contribution < 1.29 is 4.74 Å². The minimum absolute atomic E-state index is 0.0936. The Balaban J connectivity index is 2.24. The van der Waals surface area contributed by atoms with Gasteiger partial charge in [-0.25, -0.2) is 0 Å². The molecule has 0 aliphatic heterocycles. The van der Waals surface area contributed by atoms with Crippen molar-refractivity contribution in [1.82, 2.24) is 5.32 Å². The molecule has 0 saturated heterocycles. The van der Waals surface area contributed by atoms with Crippen LogP contribution in [-0.2, 0) is 0 Å². The fourth-order valence-electron chi connectivity index (χ4n) is 1.06. The Morgan fingerprint density at radius 3 is 3.07 bits per heavy atom. The highest BCUT2D eigenvalue weighted by molar-refractivity contribution is 9.10. The third kappa shape index (κ3) is 4.87. The molecule has 15 heavy (non-hydrogen) atoms. The number of nitrogens with one attached hydrogen (secondary N) is 1. The van der Waals surface area contributed by atoms with Gasteiger partial charge >= 0.3 is 0 Å². The maximum Gasteiger partial charge on any atom is 0.120 e. The molecular formula is C12H14BrNO. The summed E-state index contributed by atoms with van der Waals surface area (Å²) >= 11 is 3.38. The summed E-state index contributed by atoms with van der Waals surface area (Å²) in [5, 5.41) is 3.14. The van der Waals surface area contributed by atoms with E-state index in [2.05, 4.69) is 27.2 Å². The van der Waals surface area contributed by atoms with Gasteiger partial charge in [0.2, 0.25) is 0 Å². The molecule has 0 heterocycles. The Morgan fingerprint density at radius 1 is 1.60 bits per heavy atom. The van der Waals surface area contributed by atoms with Crippen LogP contribution in [0.3, 0.4) is 0 Å². The van der Waals surface area contributed by atoms with E-state index in [1.165, 1.54) is 0 Å². The number of ether oxygens (including phenoxy) is 1. The molecule has 2 nitrogen and oxygen atoms in total. The van der Waals surface area contributed by atoms with Crippen LogP contribution in [0.1, 0.15) is 6.92 Å². The summed E-state index contributed by atoms with van der Waals surface area (Å²) in [6.45, 7) is 3.31. The van der Waals surface area contributed by atoms with Crippen LogP contribution in [-0.4, -0.2) is 19.2 Å². The van der Waals surface area contributed by atoms with Gasteiger partial charge < -0.3 is 10.1 Å². The fraction of sp³-hybridized carbons (Fsp3) is 0.333. The lowest BCUT2D eigenvalue weighted by Gasteiger charge is -2.09. The van der Waals surface area contributed by atoms with Gasteiger partial charge in [-0.15, -0.1) is 6.42 Å². The molecule has 80 valence electrons. The molecule has 0 bridgehead atoms. The van der Waals surface area contributed by atoms with E-state index >= 15 is 0 Å². The third-order valence-electron chi connectivity index (χ3n) is 1.87. The highest BCUT2D eigenvalue weighted by atomic mass is 79.9. The smallest absolute Gasteiger partial charge is 0.120 e. The lowest BCUT2D eigenvalue weighted by Crippen LogP contribution is -2.28. The number of hydrogen-bond donors (Lipinski definition) is 1. The molecule has 0 spiro atoms. The average Bonchev–Trinajstić information content (AvgIpc) is 2.24. The maximum absolute atomic E-state index is 5.52. The Labute approximate surface area is 99.2 Å². The van der Waals surface area contributed by atoms with Crippen molar-refractivity contribution in [1.29, 1.82) is 0 Å². The van der Waals surface area contributed by atoms with Gasteiger partial charge in [-0.2, -0.15) is 0 Å². The summed E-state index contributed by atoms with van der Waals surface area (Å²) in [4.78, 5) is 0. The standard InChI is InChI=1S/C12H14BrNO/c1-3-10(2)14-7-8-15-12-6-4-5-11(13)9-12/h1,4-6,9-10,14H,7-8H2,2H3. The van der Waals surface area contributed by atoms with E-state index in [1.54, 1.807) is 0 Å². The molecule has 0 aliphatic rings. The van der Waals surface area contributed by atoms with Crippen LogP contribution >= 0.6 is 15.9 Å². The van der Waals surface area contributed by atoms with Crippen molar-refractivity contribution in [2.75, 3.05) is 13.2 Å². The largest absolute Gasteiger partial charge is 0.492 e. The number of terminal acetylenes is 1. The summed E-state index contributed by atoms with van der Waals surface area (Å²) in [5.74, 6) is 3.46. The number of hydrogen-bond acceptors (Lipinski definition) is 2. The summed E-state index contributed by atoms with van der Waals surface area (Å²) in [5.41, 5.74) is 0. The van der Waals surface area contributed by atoms with E-state index in [1.807, 2.05) is 31.2 Å². The van der Waals surface area contributed by atoms with Gasteiger partial charge in [-0.1, -0.05) is 27.9 Å². The van der Waals surface area contributed by atoms with Crippen molar-refractivity contribution in [3.8, 4) is 18.1 Å². The van der Waals surface area contributed by atoms with E-state index in [0.29, 0.717) is 6.61 Å². The predicted octanol–water partition coefficient (Wildman–Crippen LogP) is 2.44. The van der Waals surface area contributed by atoms with E-state index < -0.39 is 0 Å². The average molecular weight is 268 g/mol. The molecule has 1 aromatic rings. The molecule has 1 atom stereocenters. The second kappa shape index (κ2) is 6.49. The van der Waals surface area contributed by atoms with Crippen molar-refractivity contribution in [3.05, 3.63) is 28.7 Å². The molecule has 0 radical (unpaired) electrons. The summed E-state index contributed by atoms with van der Waals surface area (Å²) in [6, 6.07) is 7.86. The summed E-state index contributed by atoms with van der Waals surface area (Å²) < 4.78 is 6.54. The summed E-state index contributed by atoms with van der Waals surface area (Å²) in [6.07, 6.45) is 5.23. The first-order valence-electron chi connectivity index (χ1n) is 4.80. The number of halogens is 1. The van der Waals surface area contributed by atoms with Crippen molar-refractivity contribution >= 4 is 15.9 Å². The van der Waals surface area contributed by atoms with Crippen LogP contribution in [0.15, 0.2) is 28.7 Å². The zero-order chi connectivity index (χ0) is 11.1. The molecular weight excluding hydrogens is 254 g/mol. The van der Waals surface area contributed by atoms with Gasteiger partial charge in [0.15, 0.2) is 0 Å². The molecule has 1 unspecified atom stereocenters. The van der Waals surface area contributed by atoms with E-state index in [4.69, 9.17) is 11.2 Å². The van der Waals surface area contributed by atoms with Crippen molar-refractivity contribution in [2.45, 2.75) is 13.0 Å². The van der Waals surface area contributed by atoms with Crippen LogP contribution in [0.5, 0.6) is 5.75 Å². The van der Waals surface area contributed by atoms with E-state index in [-0.39, 0.29) is 6.04 Å². The first-order valence-corrected chi connectivity index (χ1v) is 5.59. The molecule has 1 N–H and O–H groups in total. The molecule has 0 amide bonds. The first kappa shape index (κ1) is 12.1. The molecule has 1 aromatic carbocycles. The third-order valence-corrected chi connectivity index (χ3v) is 2.36. The monoisotopic (exact) mass is 267 g/mol. The van der Waals surface area contributed by atoms with E-state index in [9.17, 15) is 0 Å². The zero-order valence-electron chi connectivity index (χ0n) is 8.66. The highest BCUT2D eigenvalue weighted by Crippen LogP contribution is 2.17.